The van der Waals surface area contributed by atoms with Crippen molar-refractivity contribution in [2.24, 2.45) is 0 Å². The van der Waals surface area contributed by atoms with E-state index in [1.807, 2.05) is 4.90 Å². The minimum absolute atomic E-state index is 0.0277. The van der Waals surface area contributed by atoms with Crippen LogP contribution in [0.3, 0.4) is 0 Å². The first-order valence-electron chi connectivity index (χ1n) is 10.3. The zero-order chi connectivity index (χ0) is 23.5. The molecule has 2 aromatic rings. The third-order valence-corrected chi connectivity index (χ3v) is 7.27. The summed E-state index contributed by atoms with van der Waals surface area (Å²) < 4.78 is 32.5. The third kappa shape index (κ3) is 4.75. The van der Waals surface area contributed by atoms with Crippen molar-refractivity contribution < 1.29 is 22.7 Å². The van der Waals surface area contributed by atoms with Crippen molar-refractivity contribution in [3.05, 3.63) is 35.4 Å². The average Bonchev–Trinajstić information content (AvgIpc) is 3.09. The summed E-state index contributed by atoms with van der Waals surface area (Å²) in [4.78, 5) is 39.9. The number of anilines is 1. The van der Waals surface area contributed by atoms with E-state index in [2.05, 4.69) is 15.0 Å². The zero-order valence-corrected chi connectivity index (χ0v) is 19.5. The minimum Gasteiger partial charge on any atom is -0.462 e. The number of sulfonamides is 1. The molecule has 0 bridgehead atoms. The van der Waals surface area contributed by atoms with Crippen LogP contribution in [-0.2, 0) is 19.6 Å². The number of likely N-dealkylation sites (N-methyl/N-ethyl adjacent to an activating group) is 1. The fraction of sp³-hybridized carbons (Fsp3) is 0.500. The molecule has 0 radical (unpaired) electrons. The second kappa shape index (κ2) is 9.65. The average molecular weight is 465 g/mol. The topological polar surface area (TPSA) is 129 Å². The maximum absolute atomic E-state index is 13.3. The van der Waals surface area contributed by atoms with Gasteiger partial charge in [0.05, 0.1) is 13.2 Å². The van der Waals surface area contributed by atoms with E-state index in [0.717, 1.165) is 4.31 Å². The van der Waals surface area contributed by atoms with Crippen LogP contribution in [-0.4, -0.2) is 90.8 Å². The maximum atomic E-state index is 13.3. The Morgan fingerprint density at radius 3 is 2.34 bits per heavy atom. The molecule has 32 heavy (non-hydrogen) atoms. The molecule has 12 heteroatoms. The van der Waals surface area contributed by atoms with Crippen LogP contribution in [0.4, 0.5) is 5.95 Å². The number of piperazine rings is 1. The third-order valence-electron chi connectivity index (χ3n) is 5.29. The Morgan fingerprint density at radius 2 is 1.75 bits per heavy atom. The molecule has 2 aromatic heterocycles. The van der Waals surface area contributed by atoms with Gasteiger partial charge in [-0.1, -0.05) is 0 Å². The highest BCUT2D eigenvalue weighted by Gasteiger charge is 2.34. The van der Waals surface area contributed by atoms with Crippen molar-refractivity contribution in [3.8, 4) is 0 Å². The van der Waals surface area contributed by atoms with E-state index in [1.54, 1.807) is 44.1 Å². The number of carbonyl (C=O) groups excluding carboxylic acids is 2. The normalized spacial score (nSPS) is 14.7. The number of aromatic amines is 1. The maximum Gasteiger partial charge on any atom is 0.341 e. The molecule has 0 aliphatic carbocycles. The number of nitrogens with zero attached hydrogens (tertiary/aromatic N) is 5. The predicted octanol–water partition coefficient (Wildman–Crippen LogP) is 0.568. The first-order chi connectivity index (χ1) is 15.2. The smallest absolute Gasteiger partial charge is 0.341 e. The molecular weight excluding hydrogens is 436 g/mol. The molecule has 0 aromatic carbocycles. The van der Waals surface area contributed by atoms with Gasteiger partial charge in [0.25, 0.3) is 0 Å². The van der Waals surface area contributed by atoms with Crippen molar-refractivity contribution in [1.29, 1.82) is 0 Å². The molecule has 1 aliphatic rings. The fourth-order valence-electron chi connectivity index (χ4n) is 3.67. The van der Waals surface area contributed by atoms with Gasteiger partial charge >= 0.3 is 5.97 Å². The van der Waals surface area contributed by atoms with Crippen LogP contribution in [0, 0.1) is 13.8 Å². The Balaban J connectivity index is 1.70. The zero-order valence-electron chi connectivity index (χ0n) is 18.7. The van der Waals surface area contributed by atoms with E-state index in [1.165, 1.54) is 7.05 Å². The molecule has 0 spiro atoms. The molecule has 1 aliphatic heterocycles. The number of carbonyl (C=O) groups is 2. The summed E-state index contributed by atoms with van der Waals surface area (Å²) in [5, 5.41) is 0. The quantitative estimate of drug-likeness (QED) is 0.589. The van der Waals surface area contributed by atoms with E-state index in [4.69, 9.17) is 4.74 Å². The molecule has 174 valence electrons. The monoisotopic (exact) mass is 464 g/mol. The van der Waals surface area contributed by atoms with Gasteiger partial charge in [-0.3, -0.25) is 4.79 Å². The molecule has 1 N–H and O–H groups in total. The van der Waals surface area contributed by atoms with Crippen molar-refractivity contribution in [2.75, 3.05) is 51.3 Å². The highest BCUT2D eigenvalue weighted by atomic mass is 32.2. The van der Waals surface area contributed by atoms with Gasteiger partial charge in [-0.15, -0.1) is 0 Å². The predicted molar refractivity (Wildman–Crippen MR) is 117 cm³/mol. The Hall–Kier alpha value is -2.99. The lowest BCUT2D eigenvalue weighted by Crippen LogP contribution is -2.51. The lowest BCUT2D eigenvalue weighted by Gasteiger charge is -2.35. The van der Waals surface area contributed by atoms with E-state index < -0.39 is 16.0 Å². The number of nitrogens with one attached hydrogen (secondary N) is 1. The lowest BCUT2D eigenvalue weighted by atomic mass is 10.2. The fourth-order valence-corrected chi connectivity index (χ4v) is 5.20. The summed E-state index contributed by atoms with van der Waals surface area (Å²) in [7, 11) is -2.78. The Morgan fingerprint density at radius 1 is 1.12 bits per heavy atom. The van der Waals surface area contributed by atoms with Crippen LogP contribution < -0.4 is 4.90 Å². The largest absolute Gasteiger partial charge is 0.462 e. The first kappa shape index (κ1) is 23.7. The number of hydrogen-bond acceptors (Lipinski definition) is 8. The minimum atomic E-state index is -4.11. The molecule has 11 nitrogen and oxygen atoms in total. The van der Waals surface area contributed by atoms with E-state index >= 15 is 0 Å². The molecule has 1 saturated heterocycles. The number of H-pyrrole nitrogens is 1. The Labute approximate surface area is 187 Å². The van der Waals surface area contributed by atoms with Gasteiger partial charge in [-0.05, 0) is 26.8 Å². The molecule has 0 atom stereocenters. The second-order valence-corrected chi connectivity index (χ2v) is 9.46. The van der Waals surface area contributed by atoms with E-state index in [9.17, 15) is 18.0 Å². The number of amides is 1. The van der Waals surface area contributed by atoms with Crippen LogP contribution >= 0.6 is 0 Å². The molecule has 1 fully saturated rings. The highest BCUT2D eigenvalue weighted by Crippen LogP contribution is 2.27. The number of ether oxygens (including phenoxy) is 1. The number of aryl methyl sites for hydroxylation is 2. The SMILES string of the molecule is CCOC(=O)c1c(C)[nH]c(C)c1S(=O)(=O)N(C)CC(=O)N1CCN(c2ncccn2)CC1. The van der Waals surface area contributed by atoms with Gasteiger partial charge < -0.3 is 19.5 Å². The number of aromatic nitrogens is 3. The van der Waals surface area contributed by atoms with Gasteiger partial charge in [-0.2, -0.15) is 4.31 Å². The van der Waals surface area contributed by atoms with Crippen molar-refractivity contribution in [3.63, 3.8) is 0 Å². The Kier molecular flexibility index (Phi) is 7.14. The van der Waals surface area contributed by atoms with Crippen LogP contribution in [0.1, 0.15) is 28.7 Å². The number of esters is 1. The molecule has 3 heterocycles. The molecule has 0 saturated carbocycles. The number of rotatable bonds is 7. The van der Waals surface area contributed by atoms with Crippen LogP contribution in [0.25, 0.3) is 0 Å². The number of hydrogen-bond donors (Lipinski definition) is 1. The summed E-state index contributed by atoms with van der Waals surface area (Å²) in [6.07, 6.45) is 3.32. The van der Waals surface area contributed by atoms with Crippen LogP contribution in [0.5, 0.6) is 0 Å². The summed E-state index contributed by atoms with van der Waals surface area (Å²) in [5.41, 5.74) is 0.694. The second-order valence-electron chi connectivity index (χ2n) is 7.48. The molecule has 3 rings (SSSR count). The summed E-state index contributed by atoms with van der Waals surface area (Å²) in [5.74, 6) is -0.428. The standard InChI is InChI=1S/C20H28N6O5S/c1-5-31-19(28)17-14(2)23-15(3)18(17)32(29,30)24(4)13-16(27)25-9-11-26(12-10-25)20-21-7-6-8-22-20/h6-8,23H,5,9-13H2,1-4H3. The molecule has 1 amide bonds. The van der Waals surface area contributed by atoms with Gasteiger partial charge in [0.2, 0.25) is 21.9 Å². The molecular formula is C20H28N6O5S. The summed E-state index contributed by atoms with van der Waals surface area (Å²) in [6, 6.07) is 1.74. The van der Waals surface area contributed by atoms with Gasteiger partial charge in [0, 0.05) is 57.0 Å². The van der Waals surface area contributed by atoms with Crippen molar-refractivity contribution in [1.82, 2.24) is 24.2 Å². The van der Waals surface area contributed by atoms with Crippen LogP contribution in [0.2, 0.25) is 0 Å². The van der Waals surface area contributed by atoms with Crippen molar-refractivity contribution >= 4 is 27.8 Å². The summed E-state index contributed by atoms with van der Waals surface area (Å²) >= 11 is 0. The van der Waals surface area contributed by atoms with Gasteiger partial charge in [0.1, 0.15) is 10.5 Å². The summed E-state index contributed by atoms with van der Waals surface area (Å²) in [6.45, 7) is 6.58. The highest BCUT2D eigenvalue weighted by molar-refractivity contribution is 7.89. The van der Waals surface area contributed by atoms with E-state index in [0.29, 0.717) is 43.5 Å². The van der Waals surface area contributed by atoms with Crippen LogP contribution in [0.15, 0.2) is 23.4 Å². The van der Waals surface area contributed by atoms with Crippen molar-refractivity contribution in [2.45, 2.75) is 25.7 Å². The van der Waals surface area contributed by atoms with Gasteiger partial charge in [-0.25, -0.2) is 23.2 Å². The van der Waals surface area contributed by atoms with Gasteiger partial charge in [0.15, 0.2) is 0 Å². The van der Waals surface area contributed by atoms with E-state index in [-0.39, 0.29) is 29.5 Å². The molecule has 0 unspecified atom stereocenters. The lowest BCUT2D eigenvalue weighted by molar-refractivity contribution is -0.131. The Bertz CT molecular complexity index is 1080. The first-order valence-corrected chi connectivity index (χ1v) is 11.7.